The molecule has 2 aromatic rings. The molecule has 26 heavy (non-hydrogen) atoms. The minimum atomic E-state index is -0.315. The number of rotatable bonds is 7. The molecule has 136 valence electrons. The van der Waals surface area contributed by atoms with Crippen LogP contribution in [0.4, 0.5) is 10.5 Å². The predicted molar refractivity (Wildman–Crippen MR) is 103 cm³/mol. The molecule has 0 unspecified atom stereocenters. The first-order valence-corrected chi connectivity index (χ1v) is 9.14. The molecule has 5 nitrogen and oxygen atoms in total. The van der Waals surface area contributed by atoms with Crippen molar-refractivity contribution >= 4 is 17.6 Å². The van der Waals surface area contributed by atoms with E-state index in [1.165, 1.54) is 0 Å². The first-order chi connectivity index (χ1) is 12.7. The van der Waals surface area contributed by atoms with Gasteiger partial charge in [-0.05, 0) is 42.4 Å². The van der Waals surface area contributed by atoms with E-state index in [4.69, 9.17) is 0 Å². The van der Waals surface area contributed by atoms with Gasteiger partial charge in [0.1, 0.15) is 0 Å². The molecule has 0 aromatic heterocycles. The summed E-state index contributed by atoms with van der Waals surface area (Å²) in [7, 11) is 0. The zero-order chi connectivity index (χ0) is 18.4. The monoisotopic (exact) mass is 351 g/mol. The molecule has 0 radical (unpaired) electrons. The fourth-order valence-electron chi connectivity index (χ4n) is 3.06. The van der Waals surface area contributed by atoms with E-state index in [9.17, 15) is 9.59 Å². The average Bonchev–Trinajstić information content (AvgIpc) is 3.50. The number of carbonyl (C=O) groups is 2. The number of urea groups is 1. The van der Waals surface area contributed by atoms with Gasteiger partial charge < -0.3 is 16.0 Å². The van der Waals surface area contributed by atoms with Crippen molar-refractivity contribution in [3.8, 4) is 0 Å². The first-order valence-electron chi connectivity index (χ1n) is 9.14. The van der Waals surface area contributed by atoms with E-state index in [-0.39, 0.29) is 24.5 Å². The van der Waals surface area contributed by atoms with Crippen molar-refractivity contribution in [2.75, 3.05) is 11.9 Å². The number of anilines is 1. The van der Waals surface area contributed by atoms with Gasteiger partial charge in [-0.2, -0.15) is 0 Å². The summed E-state index contributed by atoms with van der Waals surface area (Å²) in [6.07, 6.45) is 3.08. The van der Waals surface area contributed by atoms with Crippen molar-refractivity contribution in [2.24, 2.45) is 5.92 Å². The predicted octanol–water partition coefficient (Wildman–Crippen LogP) is 3.64. The molecule has 0 aliphatic heterocycles. The third-order valence-electron chi connectivity index (χ3n) is 4.62. The van der Waals surface area contributed by atoms with Crippen LogP contribution >= 0.6 is 0 Å². The number of aryl methyl sites for hydroxylation is 1. The van der Waals surface area contributed by atoms with E-state index in [1.807, 2.05) is 61.5 Å². The third-order valence-corrected chi connectivity index (χ3v) is 4.62. The molecular weight excluding hydrogens is 326 g/mol. The van der Waals surface area contributed by atoms with Crippen LogP contribution < -0.4 is 16.0 Å². The second kappa shape index (κ2) is 8.52. The fraction of sp³-hybridized carbons (Fsp3) is 0.333. The molecule has 5 heteroatoms. The number of hydrogen-bond acceptors (Lipinski definition) is 2. The lowest BCUT2D eigenvalue weighted by Gasteiger charge is -2.19. The van der Waals surface area contributed by atoms with Gasteiger partial charge in [0, 0.05) is 5.69 Å². The van der Waals surface area contributed by atoms with Crippen molar-refractivity contribution in [1.29, 1.82) is 0 Å². The highest BCUT2D eigenvalue weighted by atomic mass is 16.2. The molecule has 3 N–H and O–H groups in total. The maximum atomic E-state index is 12.2. The van der Waals surface area contributed by atoms with Gasteiger partial charge in [-0.25, -0.2) is 4.79 Å². The largest absolute Gasteiger partial charge is 0.331 e. The number of hydrogen-bond donors (Lipinski definition) is 3. The summed E-state index contributed by atoms with van der Waals surface area (Å²) in [6, 6.07) is 17.3. The Morgan fingerprint density at radius 2 is 1.73 bits per heavy atom. The number of carbonyl (C=O) groups excluding carboxylic acids is 2. The van der Waals surface area contributed by atoms with Gasteiger partial charge in [-0.1, -0.05) is 55.5 Å². The molecule has 0 heterocycles. The summed E-state index contributed by atoms with van der Waals surface area (Å²) in [5, 5.41) is 8.52. The highest BCUT2D eigenvalue weighted by Crippen LogP contribution is 2.40. The molecule has 1 saturated carbocycles. The van der Waals surface area contributed by atoms with E-state index < -0.39 is 0 Å². The second-order valence-corrected chi connectivity index (χ2v) is 6.61. The van der Waals surface area contributed by atoms with Crippen LogP contribution in [0.15, 0.2) is 54.6 Å². The Kier molecular flexibility index (Phi) is 5.89. The molecule has 1 fully saturated rings. The Morgan fingerprint density at radius 3 is 2.42 bits per heavy atom. The van der Waals surface area contributed by atoms with Crippen molar-refractivity contribution in [1.82, 2.24) is 10.6 Å². The summed E-state index contributed by atoms with van der Waals surface area (Å²) >= 11 is 0. The molecule has 1 aliphatic rings. The van der Waals surface area contributed by atoms with Gasteiger partial charge in [0.05, 0.1) is 12.6 Å². The number of nitrogens with one attached hydrogen (secondary N) is 3. The lowest BCUT2D eigenvalue weighted by Crippen LogP contribution is -2.42. The Morgan fingerprint density at radius 1 is 1.04 bits per heavy atom. The highest BCUT2D eigenvalue weighted by Gasteiger charge is 2.33. The molecule has 3 amide bonds. The van der Waals surface area contributed by atoms with Crippen LogP contribution in [0.1, 0.15) is 36.9 Å². The molecule has 0 saturated heterocycles. The molecule has 0 spiro atoms. The van der Waals surface area contributed by atoms with E-state index in [2.05, 4.69) is 16.0 Å². The van der Waals surface area contributed by atoms with Crippen LogP contribution in [0.2, 0.25) is 0 Å². The van der Waals surface area contributed by atoms with Crippen molar-refractivity contribution < 1.29 is 9.59 Å². The Balaban J connectivity index is 1.51. The van der Waals surface area contributed by atoms with Crippen LogP contribution in [0, 0.1) is 5.92 Å². The zero-order valence-corrected chi connectivity index (χ0v) is 15.0. The summed E-state index contributed by atoms with van der Waals surface area (Å²) in [4.78, 5) is 24.4. The van der Waals surface area contributed by atoms with Crippen LogP contribution in [0.3, 0.4) is 0 Å². The Hall–Kier alpha value is -2.82. The maximum absolute atomic E-state index is 12.2. The first kappa shape index (κ1) is 18.0. The van der Waals surface area contributed by atoms with Crippen molar-refractivity contribution in [3.05, 3.63) is 65.7 Å². The van der Waals surface area contributed by atoms with Crippen LogP contribution in [0.5, 0.6) is 0 Å². The fourth-order valence-corrected chi connectivity index (χ4v) is 3.06. The highest BCUT2D eigenvalue weighted by molar-refractivity contribution is 5.94. The van der Waals surface area contributed by atoms with Gasteiger partial charge in [0.15, 0.2) is 0 Å². The lowest BCUT2D eigenvalue weighted by atomic mass is 10.0. The minimum Gasteiger partial charge on any atom is -0.331 e. The van der Waals surface area contributed by atoms with Gasteiger partial charge in [0.2, 0.25) is 5.91 Å². The van der Waals surface area contributed by atoms with E-state index in [0.717, 1.165) is 36.1 Å². The topological polar surface area (TPSA) is 70.2 Å². The average molecular weight is 351 g/mol. The van der Waals surface area contributed by atoms with E-state index >= 15 is 0 Å². The quantitative estimate of drug-likeness (QED) is 0.713. The van der Waals surface area contributed by atoms with Crippen molar-refractivity contribution in [2.45, 2.75) is 32.2 Å². The molecule has 1 atom stereocenters. The normalized spacial score (nSPS) is 14.3. The molecule has 0 bridgehead atoms. The number of para-hydroxylation sites is 1. The van der Waals surface area contributed by atoms with E-state index in [0.29, 0.717) is 5.92 Å². The summed E-state index contributed by atoms with van der Waals surface area (Å²) in [5.74, 6) is 0.247. The summed E-state index contributed by atoms with van der Waals surface area (Å²) in [5.41, 5.74) is 2.97. The maximum Gasteiger partial charge on any atom is 0.315 e. The third kappa shape index (κ3) is 4.85. The van der Waals surface area contributed by atoms with Gasteiger partial charge in [0.25, 0.3) is 0 Å². The molecule has 2 aromatic carbocycles. The SMILES string of the molecule is CCc1ccccc1NC(=O)CNC(=O)N[C@H](c1ccccc1)C1CC1. The van der Waals surface area contributed by atoms with Gasteiger partial charge in [-0.3, -0.25) is 4.79 Å². The zero-order valence-electron chi connectivity index (χ0n) is 15.0. The molecule has 3 rings (SSSR count). The molecule has 1 aliphatic carbocycles. The summed E-state index contributed by atoms with van der Waals surface area (Å²) < 4.78 is 0. The number of amides is 3. The standard InChI is InChI=1S/C21H25N3O2/c1-2-15-8-6-7-11-18(15)23-19(25)14-22-21(26)24-20(17-12-13-17)16-9-4-3-5-10-16/h3-11,17,20H,2,12-14H2,1H3,(H,23,25)(H2,22,24,26)/t20-/m1/s1. The summed E-state index contributed by atoms with van der Waals surface area (Å²) in [6.45, 7) is 1.98. The lowest BCUT2D eigenvalue weighted by molar-refractivity contribution is -0.115. The van der Waals surface area contributed by atoms with Crippen LogP contribution in [0.25, 0.3) is 0 Å². The smallest absolute Gasteiger partial charge is 0.315 e. The van der Waals surface area contributed by atoms with Crippen molar-refractivity contribution in [3.63, 3.8) is 0 Å². The Bertz CT molecular complexity index is 757. The van der Waals surface area contributed by atoms with Gasteiger partial charge in [-0.15, -0.1) is 0 Å². The van der Waals surface area contributed by atoms with E-state index in [1.54, 1.807) is 0 Å². The Labute approximate surface area is 154 Å². The second-order valence-electron chi connectivity index (χ2n) is 6.61. The molecular formula is C21H25N3O2. The van der Waals surface area contributed by atoms with Gasteiger partial charge >= 0.3 is 6.03 Å². The number of benzene rings is 2. The van der Waals surface area contributed by atoms with Crippen LogP contribution in [-0.2, 0) is 11.2 Å². The van der Waals surface area contributed by atoms with Crippen LogP contribution in [-0.4, -0.2) is 18.5 Å². The minimum absolute atomic E-state index is 0.0000728.